The SMILES string of the molecule is Cc1[nH]ncc1CCCN1C(=O)CC2(CCCCC2)C1=O. The van der Waals surface area contributed by atoms with Gasteiger partial charge in [-0.25, -0.2) is 0 Å². The molecule has 5 nitrogen and oxygen atoms in total. The zero-order valence-electron chi connectivity index (χ0n) is 12.7. The van der Waals surface area contributed by atoms with Gasteiger partial charge in [-0.1, -0.05) is 19.3 Å². The Bertz CT molecular complexity index is 543. The summed E-state index contributed by atoms with van der Waals surface area (Å²) in [5.41, 5.74) is 1.89. The highest BCUT2D eigenvalue weighted by atomic mass is 16.2. The maximum Gasteiger partial charge on any atom is 0.235 e. The molecule has 0 unspecified atom stereocenters. The van der Waals surface area contributed by atoms with E-state index in [9.17, 15) is 9.59 Å². The molecule has 1 aromatic heterocycles. The van der Waals surface area contributed by atoms with Gasteiger partial charge in [-0.2, -0.15) is 5.10 Å². The van der Waals surface area contributed by atoms with Crippen molar-refractivity contribution in [2.75, 3.05) is 6.54 Å². The highest BCUT2D eigenvalue weighted by Gasteiger charge is 2.51. The lowest BCUT2D eigenvalue weighted by molar-refractivity contribution is -0.142. The van der Waals surface area contributed by atoms with Crippen molar-refractivity contribution in [3.8, 4) is 0 Å². The molecule has 1 aliphatic carbocycles. The van der Waals surface area contributed by atoms with Crippen LogP contribution in [0.1, 0.15) is 56.2 Å². The first-order chi connectivity index (χ1) is 10.1. The van der Waals surface area contributed by atoms with Crippen molar-refractivity contribution in [1.82, 2.24) is 15.1 Å². The van der Waals surface area contributed by atoms with Gasteiger partial charge in [0.1, 0.15) is 0 Å². The van der Waals surface area contributed by atoms with Crippen LogP contribution in [0, 0.1) is 12.3 Å². The van der Waals surface area contributed by atoms with Crippen molar-refractivity contribution in [3.05, 3.63) is 17.5 Å². The van der Waals surface area contributed by atoms with Gasteiger partial charge in [-0.15, -0.1) is 0 Å². The second-order valence-electron chi connectivity index (χ2n) is 6.49. The zero-order valence-corrected chi connectivity index (χ0v) is 12.7. The van der Waals surface area contributed by atoms with Crippen molar-refractivity contribution >= 4 is 11.8 Å². The normalized spacial score (nSPS) is 21.5. The van der Waals surface area contributed by atoms with Crippen molar-refractivity contribution in [2.45, 2.75) is 58.3 Å². The minimum Gasteiger partial charge on any atom is -0.283 e. The quantitative estimate of drug-likeness (QED) is 0.865. The molecular formula is C16H23N3O2. The van der Waals surface area contributed by atoms with Crippen LogP contribution < -0.4 is 0 Å². The Morgan fingerprint density at radius 1 is 1.29 bits per heavy atom. The van der Waals surface area contributed by atoms with E-state index in [1.54, 1.807) is 0 Å². The van der Waals surface area contributed by atoms with E-state index < -0.39 is 0 Å². The molecule has 2 fully saturated rings. The maximum absolute atomic E-state index is 12.6. The number of likely N-dealkylation sites (tertiary alicyclic amines) is 1. The number of carbonyl (C=O) groups excluding carboxylic acids is 2. The largest absolute Gasteiger partial charge is 0.283 e. The number of aromatic amines is 1. The summed E-state index contributed by atoms with van der Waals surface area (Å²) in [5.74, 6) is 0.127. The Balaban J connectivity index is 1.59. The fourth-order valence-electron chi connectivity index (χ4n) is 3.76. The van der Waals surface area contributed by atoms with Gasteiger partial charge < -0.3 is 0 Å². The van der Waals surface area contributed by atoms with Crippen LogP contribution in [0.3, 0.4) is 0 Å². The van der Waals surface area contributed by atoms with E-state index >= 15 is 0 Å². The number of amides is 2. The first kappa shape index (κ1) is 14.3. The molecule has 0 aromatic carbocycles. The Kier molecular flexibility index (Phi) is 3.83. The predicted molar refractivity (Wildman–Crippen MR) is 78.5 cm³/mol. The molecule has 3 rings (SSSR count). The molecule has 2 amide bonds. The number of carbonyl (C=O) groups is 2. The third-order valence-electron chi connectivity index (χ3n) is 5.06. The smallest absolute Gasteiger partial charge is 0.235 e. The number of nitrogens with one attached hydrogen (secondary N) is 1. The van der Waals surface area contributed by atoms with E-state index in [1.807, 2.05) is 13.1 Å². The summed E-state index contributed by atoms with van der Waals surface area (Å²) in [6.07, 6.45) is 9.09. The fraction of sp³-hybridized carbons (Fsp3) is 0.688. The average Bonchev–Trinajstić information content (AvgIpc) is 2.97. The van der Waals surface area contributed by atoms with Crippen molar-refractivity contribution in [3.63, 3.8) is 0 Å². The molecular weight excluding hydrogens is 266 g/mol. The summed E-state index contributed by atoms with van der Waals surface area (Å²) in [6.45, 7) is 2.54. The lowest BCUT2D eigenvalue weighted by Crippen LogP contribution is -2.37. The minimum absolute atomic E-state index is 0.0332. The van der Waals surface area contributed by atoms with E-state index in [0.29, 0.717) is 13.0 Å². The molecule has 1 N–H and O–H groups in total. The van der Waals surface area contributed by atoms with E-state index in [1.165, 1.54) is 16.9 Å². The summed E-state index contributed by atoms with van der Waals surface area (Å²) < 4.78 is 0. The van der Waals surface area contributed by atoms with Crippen LogP contribution in [0.2, 0.25) is 0 Å². The van der Waals surface area contributed by atoms with Gasteiger partial charge in [0.15, 0.2) is 0 Å². The Morgan fingerprint density at radius 3 is 2.71 bits per heavy atom. The third-order valence-corrected chi connectivity index (χ3v) is 5.06. The highest BCUT2D eigenvalue weighted by molar-refractivity contribution is 6.05. The van der Waals surface area contributed by atoms with Crippen LogP contribution in [0.25, 0.3) is 0 Å². The van der Waals surface area contributed by atoms with Crippen LogP contribution in [0.5, 0.6) is 0 Å². The molecule has 1 spiro atoms. The number of rotatable bonds is 4. The van der Waals surface area contributed by atoms with Crippen LogP contribution in [0.4, 0.5) is 0 Å². The molecule has 1 saturated carbocycles. The van der Waals surface area contributed by atoms with Gasteiger partial charge in [0.2, 0.25) is 11.8 Å². The number of H-pyrrole nitrogens is 1. The molecule has 21 heavy (non-hydrogen) atoms. The van der Waals surface area contributed by atoms with Gasteiger partial charge in [-0.3, -0.25) is 19.6 Å². The lowest BCUT2D eigenvalue weighted by Gasteiger charge is -2.30. The summed E-state index contributed by atoms with van der Waals surface area (Å²) >= 11 is 0. The topological polar surface area (TPSA) is 66.1 Å². The summed E-state index contributed by atoms with van der Waals surface area (Å²) in [4.78, 5) is 26.4. The maximum atomic E-state index is 12.6. The second-order valence-corrected chi connectivity index (χ2v) is 6.49. The monoisotopic (exact) mass is 289 g/mol. The fourth-order valence-corrected chi connectivity index (χ4v) is 3.76. The highest BCUT2D eigenvalue weighted by Crippen LogP contribution is 2.45. The molecule has 2 heterocycles. The Hall–Kier alpha value is -1.65. The van der Waals surface area contributed by atoms with Crippen molar-refractivity contribution < 1.29 is 9.59 Å². The molecule has 2 aliphatic rings. The zero-order chi connectivity index (χ0) is 14.9. The van der Waals surface area contributed by atoms with Gasteiger partial charge in [-0.05, 0) is 38.2 Å². The van der Waals surface area contributed by atoms with Gasteiger partial charge in [0.05, 0.1) is 11.6 Å². The standard InChI is InChI=1S/C16H23N3O2/c1-12-13(11-17-18-12)6-5-9-19-14(20)10-16(15(19)21)7-3-2-4-8-16/h11H,2-10H2,1H3,(H,17,18). The number of nitrogens with zero attached hydrogens (tertiary/aromatic N) is 2. The van der Waals surface area contributed by atoms with E-state index in [-0.39, 0.29) is 17.2 Å². The van der Waals surface area contributed by atoms with E-state index in [0.717, 1.165) is 44.2 Å². The second kappa shape index (κ2) is 5.62. The van der Waals surface area contributed by atoms with Crippen LogP contribution in [0.15, 0.2) is 6.20 Å². The van der Waals surface area contributed by atoms with Crippen LogP contribution in [-0.2, 0) is 16.0 Å². The lowest BCUT2D eigenvalue weighted by atomic mass is 9.73. The third kappa shape index (κ3) is 2.61. The summed E-state index contributed by atoms with van der Waals surface area (Å²) in [5, 5.41) is 6.91. The molecule has 0 radical (unpaired) electrons. The molecule has 1 aromatic rings. The number of hydrogen-bond acceptors (Lipinski definition) is 3. The summed E-state index contributed by atoms with van der Waals surface area (Å²) in [6, 6.07) is 0. The first-order valence-electron chi connectivity index (χ1n) is 7.96. The molecule has 114 valence electrons. The molecule has 1 saturated heterocycles. The van der Waals surface area contributed by atoms with Crippen LogP contribution in [-0.4, -0.2) is 33.5 Å². The minimum atomic E-state index is -0.346. The van der Waals surface area contributed by atoms with Gasteiger partial charge in [0.25, 0.3) is 0 Å². The molecule has 1 aliphatic heterocycles. The Labute approximate surface area is 125 Å². The van der Waals surface area contributed by atoms with E-state index in [4.69, 9.17) is 0 Å². The summed E-state index contributed by atoms with van der Waals surface area (Å²) in [7, 11) is 0. The average molecular weight is 289 g/mol. The van der Waals surface area contributed by atoms with E-state index in [2.05, 4.69) is 10.2 Å². The molecule has 0 atom stereocenters. The van der Waals surface area contributed by atoms with Gasteiger partial charge in [0, 0.05) is 18.7 Å². The van der Waals surface area contributed by atoms with Crippen LogP contribution >= 0.6 is 0 Å². The Morgan fingerprint density at radius 2 is 2.05 bits per heavy atom. The molecule has 5 heteroatoms. The predicted octanol–water partition coefficient (Wildman–Crippen LogP) is 2.36. The number of aromatic nitrogens is 2. The first-order valence-corrected chi connectivity index (χ1v) is 7.96. The van der Waals surface area contributed by atoms with Crippen molar-refractivity contribution in [2.24, 2.45) is 5.41 Å². The number of aryl methyl sites for hydroxylation is 2. The number of imide groups is 1. The van der Waals surface area contributed by atoms with Crippen molar-refractivity contribution in [1.29, 1.82) is 0 Å². The van der Waals surface area contributed by atoms with Gasteiger partial charge >= 0.3 is 0 Å². The number of hydrogen-bond donors (Lipinski definition) is 1. The molecule has 0 bridgehead atoms.